The lowest BCUT2D eigenvalue weighted by molar-refractivity contribution is 0.0697. The summed E-state index contributed by atoms with van der Waals surface area (Å²) in [5.41, 5.74) is 3.83. The van der Waals surface area contributed by atoms with E-state index in [1.807, 2.05) is 49.5 Å². The fourth-order valence-electron chi connectivity index (χ4n) is 3.75. The molecule has 0 fully saturated rings. The number of hydrogen-bond acceptors (Lipinski definition) is 4. The van der Waals surface area contributed by atoms with Crippen molar-refractivity contribution < 1.29 is 19.4 Å². The van der Waals surface area contributed by atoms with E-state index in [0.717, 1.165) is 30.0 Å². The third kappa shape index (κ3) is 7.19. The van der Waals surface area contributed by atoms with Crippen LogP contribution in [0.4, 0.5) is 0 Å². The first-order valence-electron chi connectivity index (χ1n) is 11.6. The number of para-hydroxylation sites is 1. The molecule has 4 rings (SSSR count). The predicted octanol–water partition coefficient (Wildman–Crippen LogP) is 6.28. The molecule has 0 spiro atoms. The van der Waals surface area contributed by atoms with Crippen molar-refractivity contribution in [3.63, 3.8) is 0 Å². The molecular weight excluding hydrogens is 438 g/mol. The van der Waals surface area contributed by atoms with Crippen molar-refractivity contribution in [1.82, 2.24) is 4.90 Å². The Bertz CT molecular complexity index is 1220. The summed E-state index contributed by atoms with van der Waals surface area (Å²) in [6.45, 7) is 2.03. The molecule has 5 heteroatoms. The third-order valence-electron chi connectivity index (χ3n) is 5.66. The van der Waals surface area contributed by atoms with Gasteiger partial charge in [0.15, 0.2) is 0 Å². The lowest BCUT2D eigenvalue weighted by atomic mass is 10.1. The molecule has 0 amide bonds. The van der Waals surface area contributed by atoms with Gasteiger partial charge in [0.05, 0.1) is 5.56 Å². The maximum atomic E-state index is 11.0. The Morgan fingerprint density at radius 1 is 0.771 bits per heavy atom. The molecule has 0 bridgehead atoms. The maximum absolute atomic E-state index is 11.0. The Morgan fingerprint density at radius 2 is 1.40 bits per heavy atom. The molecule has 1 N–H and O–H groups in total. The Labute approximate surface area is 206 Å². The van der Waals surface area contributed by atoms with Gasteiger partial charge < -0.3 is 14.6 Å². The van der Waals surface area contributed by atoms with Gasteiger partial charge >= 0.3 is 5.97 Å². The molecule has 178 valence electrons. The van der Waals surface area contributed by atoms with E-state index in [-0.39, 0.29) is 5.56 Å². The predicted molar refractivity (Wildman–Crippen MR) is 137 cm³/mol. The van der Waals surface area contributed by atoms with Gasteiger partial charge in [-0.25, -0.2) is 4.79 Å². The van der Waals surface area contributed by atoms with Gasteiger partial charge in [0.1, 0.15) is 23.9 Å². The van der Waals surface area contributed by atoms with Crippen molar-refractivity contribution in [3.05, 3.63) is 125 Å². The monoisotopic (exact) mass is 467 g/mol. The minimum Gasteiger partial charge on any atom is -0.492 e. The minimum atomic E-state index is -0.955. The number of hydrogen-bond donors (Lipinski definition) is 1. The van der Waals surface area contributed by atoms with Gasteiger partial charge in [-0.3, -0.25) is 4.90 Å². The van der Waals surface area contributed by atoms with E-state index in [0.29, 0.717) is 18.9 Å². The fraction of sp³-hybridized carbons (Fsp3) is 0.167. The van der Waals surface area contributed by atoms with Crippen LogP contribution in [0.1, 0.15) is 27.0 Å². The van der Waals surface area contributed by atoms with E-state index in [9.17, 15) is 4.79 Å². The standard InChI is InChI=1S/C30H29NO4/c1-31(19-20-34-27-15-11-24(12-16-27)21-23-7-3-2-4-8-23)22-26-9-5-6-10-29(26)35-28-17-13-25(14-18-28)30(32)33/h2-18H,19-22H2,1H3,(H,32,33). The van der Waals surface area contributed by atoms with E-state index in [2.05, 4.69) is 41.3 Å². The summed E-state index contributed by atoms with van der Waals surface area (Å²) in [7, 11) is 2.05. The first-order chi connectivity index (χ1) is 17.1. The summed E-state index contributed by atoms with van der Waals surface area (Å²) in [5.74, 6) is 1.26. The zero-order valence-electron chi connectivity index (χ0n) is 19.8. The number of rotatable bonds is 11. The second-order valence-electron chi connectivity index (χ2n) is 8.43. The maximum Gasteiger partial charge on any atom is 0.335 e. The van der Waals surface area contributed by atoms with E-state index >= 15 is 0 Å². The Hall–Kier alpha value is -4.09. The number of aromatic carboxylic acids is 1. The van der Waals surface area contributed by atoms with Gasteiger partial charge in [-0.2, -0.15) is 0 Å². The average molecular weight is 468 g/mol. The molecule has 0 heterocycles. The molecule has 0 radical (unpaired) electrons. The summed E-state index contributed by atoms with van der Waals surface area (Å²) < 4.78 is 12.0. The second-order valence-corrected chi connectivity index (χ2v) is 8.43. The first-order valence-corrected chi connectivity index (χ1v) is 11.6. The van der Waals surface area contributed by atoms with Gasteiger partial charge in [0, 0.05) is 18.7 Å². The molecule has 0 saturated heterocycles. The van der Waals surface area contributed by atoms with Crippen molar-refractivity contribution in [2.24, 2.45) is 0 Å². The van der Waals surface area contributed by atoms with Gasteiger partial charge in [0.25, 0.3) is 0 Å². The molecule has 0 unspecified atom stereocenters. The molecular formula is C30H29NO4. The first kappa shape index (κ1) is 24.0. The highest BCUT2D eigenvalue weighted by molar-refractivity contribution is 5.87. The number of likely N-dealkylation sites (N-methyl/N-ethyl adjacent to an activating group) is 1. The number of ether oxygens (including phenoxy) is 2. The highest BCUT2D eigenvalue weighted by atomic mass is 16.5. The smallest absolute Gasteiger partial charge is 0.335 e. The van der Waals surface area contributed by atoms with Crippen LogP contribution in [0.3, 0.4) is 0 Å². The van der Waals surface area contributed by atoms with Gasteiger partial charge in [0.2, 0.25) is 0 Å². The van der Waals surface area contributed by atoms with Crippen LogP contribution < -0.4 is 9.47 Å². The normalized spacial score (nSPS) is 10.8. The Kier molecular flexibility index (Phi) is 8.15. The summed E-state index contributed by atoms with van der Waals surface area (Å²) in [5, 5.41) is 9.06. The number of carbonyl (C=O) groups is 1. The molecule has 0 saturated carbocycles. The molecule has 5 nitrogen and oxygen atoms in total. The molecule has 0 atom stereocenters. The van der Waals surface area contributed by atoms with Crippen molar-refractivity contribution in [2.45, 2.75) is 13.0 Å². The molecule has 0 aliphatic rings. The number of benzene rings is 4. The second kappa shape index (κ2) is 11.9. The Balaban J connectivity index is 1.26. The van der Waals surface area contributed by atoms with Gasteiger partial charge in [-0.05, 0) is 67.1 Å². The van der Waals surface area contributed by atoms with E-state index in [1.54, 1.807) is 12.1 Å². The summed E-state index contributed by atoms with van der Waals surface area (Å²) in [6, 6.07) is 33.0. The van der Waals surface area contributed by atoms with Crippen molar-refractivity contribution in [3.8, 4) is 17.2 Å². The molecule has 4 aromatic carbocycles. The number of carboxylic acids is 1. The van der Waals surface area contributed by atoms with Gasteiger partial charge in [-0.15, -0.1) is 0 Å². The minimum absolute atomic E-state index is 0.233. The van der Waals surface area contributed by atoms with Crippen LogP contribution >= 0.6 is 0 Å². The molecule has 4 aromatic rings. The van der Waals surface area contributed by atoms with Crippen LogP contribution in [0.5, 0.6) is 17.2 Å². The van der Waals surface area contributed by atoms with Crippen molar-refractivity contribution in [2.75, 3.05) is 20.2 Å². The lowest BCUT2D eigenvalue weighted by Gasteiger charge is -2.19. The third-order valence-corrected chi connectivity index (χ3v) is 5.66. The number of nitrogens with zero attached hydrogens (tertiary/aromatic N) is 1. The molecule has 0 aliphatic heterocycles. The number of carboxylic acid groups (broad SMARTS) is 1. The van der Waals surface area contributed by atoms with E-state index < -0.39 is 5.97 Å². The van der Waals surface area contributed by atoms with Gasteiger partial charge in [-0.1, -0.05) is 60.7 Å². The SMILES string of the molecule is CN(CCOc1ccc(Cc2ccccc2)cc1)Cc1ccccc1Oc1ccc(C(=O)O)cc1. The van der Waals surface area contributed by atoms with Crippen molar-refractivity contribution >= 4 is 5.97 Å². The highest BCUT2D eigenvalue weighted by Gasteiger charge is 2.09. The average Bonchev–Trinajstić information content (AvgIpc) is 2.87. The molecule has 0 aromatic heterocycles. The highest BCUT2D eigenvalue weighted by Crippen LogP contribution is 2.26. The van der Waals surface area contributed by atoms with Crippen LogP contribution in [-0.2, 0) is 13.0 Å². The fourth-order valence-corrected chi connectivity index (χ4v) is 3.75. The molecule has 0 aliphatic carbocycles. The van der Waals surface area contributed by atoms with E-state index in [1.165, 1.54) is 23.3 Å². The van der Waals surface area contributed by atoms with E-state index in [4.69, 9.17) is 14.6 Å². The summed E-state index contributed by atoms with van der Waals surface area (Å²) in [4.78, 5) is 13.2. The largest absolute Gasteiger partial charge is 0.492 e. The molecule has 35 heavy (non-hydrogen) atoms. The quantitative estimate of drug-likeness (QED) is 0.281. The van der Waals surface area contributed by atoms with Crippen molar-refractivity contribution in [1.29, 1.82) is 0 Å². The Morgan fingerprint density at radius 3 is 2.11 bits per heavy atom. The van der Waals surface area contributed by atoms with Crippen LogP contribution in [0.15, 0.2) is 103 Å². The van der Waals surface area contributed by atoms with Crippen LogP contribution in [-0.4, -0.2) is 36.2 Å². The topological polar surface area (TPSA) is 59.0 Å². The summed E-state index contributed by atoms with van der Waals surface area (Å²) >= 11 is 0. The van der Waals surface area contributed by atoms with Crippen LogP contribution in [0.25, 0.3) is 0 Å². The summed E-state index contributed by atoms with van der Waals surface area (Å²) in [6.07, 6.45) is 0.912. The zero-order chi connectivity index (χ0) is 24.5. The van der Waals surface area contributed by atoms with Crippen LogP contribution in [0.2, 0.25) is 0 Å². The zero-order valence-corrected chi connectivity index (χ0v) is 19.8. The van der Waals surface area contributed by atoms with Crippen LogP contribution in [0, 0.1) is 0 Å². The lowest BCUT2D eigenvalue weighted by Crippen LogP contribution is -2.24.